The predicted octanol–water partition coefficient (Wildman–Crippen LogP) is 2.31. The van der Waals surface area contributed by atoms with E-state index in [4.69, 9.17) is 4.74 Å². The van der Waals surface area contributed by atoms with Gasteiger partial charge in [-0.25, -0.2) is 0 Å². The standard InChI is InChI=1S/C10H21NO/c1-6-7-11-8-9(2)12-10(3,4)5/h11H,2,6-8H2,1,3-5H3. The van der Waals surface area contributed by atoms with Crippen LogP contribution < -0.4 is 5.32 Å². The highest BCUT2D eigenvalue weighted by atomic mass is 16.5. The minimum Gasteiger partial charge on any atom is -0.492 e. The second-order valence-corrected chi connectivity index (χ2v) is 3.93. The lowest BCUT2D eigenvalue weighted by atomic mass is 10.2. The number of ether oxygens (including phenoxy) is 1. The van der Waals surface area contributed by atoms with Crippen molar-refractivity contribution in [2.24, 2.45) is 0 Å². The van der Waals surface area contributed by atoms with Gasteiger partial charge in [-0.05, 0) is 33.7 Å². The molecule has 0 heterocycles. The summed E-state index contributed by atoms with van der Waals surface area (Å²) in [7, 11) is 0. The van der Waals surface area contributed by atoms with Crippen LogP contribution in [0.25, 0.3) is 0 Å². The Bertz CT molecular complexity index is 135. The lowest BCUT2D eigenvalue weighted by Crippen LogP contribution is -2.25. The van der Waals surface area contributed by atoms with Crippen LogP contribution in [0.15, 0.2) is 12.3 Å². The van der Waals surface area contributed by atoms with Gasteiger partial charge in [0.1, 0.15) is 11.4 Å². The predicted molar refractivity (Wildman–Crippen MR) is 53.1 cm³/mol. The molecule has 2 heteroatoms. The average molecular weight is 171 g/mol. The van der Waals surface area contributed by atoms with E-state index in [9.17, 15) is 0 Å². The van der Waals surface area contributed by atoms with E-state index >= 15 is 0 Å². The van der Waals surface area contributed by atoms with Gasteiger partial charge in [-0.3, -0.25) is 0 Å². The van der Waals surface area contributed by atoms with Crippen LogP contribution in [0.3, 0.4) is 0 Å². The van der Waals surface area contributed by atoms with Crippen LogP contribution in [-0.2, 0) is 4.74 Å². The van der Waals surface area contributed by atoms with Gasteiger partial charge in [-0.1, -0.05) is 13.5 Å². The average Bonchev–Trinajstić information content (AvgIpc) is 1.84. The minimum atomic E-state index is -0.120. The van der Waals surface area contributed by atoms with E-state index in [-0.39, 0.29) is 5.60 Å². The van der Waals surface area contributed by atoms with Crippen molar-refractivity contribution >= 4 is 0 Å². The quantitative estimate of drug-likeness (QED) is 0.506. The highest BCUT2D eigenvalue weighted by molar-refractivity contribution is 4.88. The molecule has 0 rings (SSSR count). The molecule has 0 saturated heterocycles. The monoisotopic (exact) mass is 171 g/mol. The summed E-state index contributed by atoms with van der Waals surface area (Å²) in [6.07, 6.45) is 1.14. The second-order valence-electron chi connectivity index (χ2n) is 3.93. The highest BCUT2D eigenvalue weighted by Crippen LogP contribution is 2.11. The molecule has 0 aliphatic carbocycles. The number of hydrogen-bond donors (Lipinski definition) is 1. The smallest absolute Gasteiger partial charge is 0.103 e. The van der Waals surface area contributed by atoms with Crippen LogP contribution in [0.5, 0.6) is 0 Å². The second kappa shape index (κ2) is 5.20. The SMILES string of the molecule is C=C(CNCCC)OC(C)(C)C. The Hall–Kier alpha value is -0.500. The third-order valence-electron chi connectivity index (χ3n) is 1.20. The van der Waals surface area contributed by atoms with Crippen molar-refractivity contribution in [1.82, 2.24) is 5.32 Å². The molecule has 2 nitrogen and oxygen atoms in total. The van der Waals surface area contributed by atoms with Gasteiger partial charge in [0.2, 0.25) is 0 Å². The van der Waals surface area contributed by atoms with Gasteiger partial charge in [0.05, 0.1) is 6.54 Å². The van der Waals surface area contributed by atoms with Crippen molar-refractivity contribution in [1.29, 1.82) is 0 Å². The summed E-state index contributed by atoms with van der Waals surface area (Å²) in [6, 6.07) is 0. The fourth-order valence-electron chi connectivity index (χ4n) is 0.874. The minimum absolute atomic E-state index is 0.120. The first-order valence-electron chi connectivity index (χ1n) is 4.53. The van der Waals surface area contributed by atoms with Crippen LogP contribution in [0, 0.1) is 0 Å². The first kappa shape index (κ1) is 11.5. The Morgan fingerprint density at radius 3 is 2.42 bits per heavy atom. The molecular weight excluding hydrogens is 150 g/mol. The summed E-state index contributed by atoms with van der Waals surface area (Å²) in [5, 5.41) is 3.23. The summed E-state index contributed by atoms with van der Waals surface area (Å²) in [5.41, 5.74) is -0.120. The molecule has 0 aromatic carbocycles. The molecule has 12 heavy (non-hydrogen) atoms. The van der Waals surface area contributed by atoms with Gasteiger partial charge < -0.3 is 10.1 Å². The molecule has 0 aliphatic heterocycles. The van der Waals surface area contributed by atoms with E-state index < -0.39 is 0 Å². The Labute approximate surface area is 76.0 Å². The first-order valence-corrected chi connectivity index (χ1v) is 4.53. The van der Waals surface area contributed by atoms with E-state index in [0.717, 1.165) is 25.3 Å². The van der Waals surface area contributed by atoms with Gasteiger partial charge in [-0.2, -0.15) is 0 Å². The fourth-order valence-corrected chi connectivity index (χ4v) is 0.874. The van der Waals surface area contributed by atoms with Crippen molar-refractivity contribution in [2.75, 3.05) is 13.1 Å². The molecule has 0 aromatic rings. The third-order valence-corrected chi connectivity index (χ3v) is 1.20. The van der Waals surface area contributed by atoms with Crippen LogP contribution in [0.2, 0.25) is 0 Å². The van der Waals surface area contributed by atoms with E-state index in [1.165, 1.54) is 0 Å². The fraction of sp³-hybridized carbons (Fsp3) is 0.800. The van der Waals surface area contributed by atoms with Crippen LogP contribution >= 0.6 is 0 Å². The molecule has 0 unspecified atom stereocenters. The number of hydrogen-bond acceptors (Lipinski definition) is 2. The Kier molecular flexibility index (Phi) is 4.98. The third kappa shape index (κ3) is 7.61. The summed E-state index contributed by atoms with van der Waals surface area (Å²) < 4.78 is 5.53. The molecule has 0 radical (unpaired) electrons. The van der Waals surface area contributed by atoms with E-state index in [0.29, 0.717) is 0 Å². The first-order chi connectivity index (χ1) is 5.45. The lowest BCUT2D eigenvalue weighted by Gasteiger charge is -2.22. The topological polar surface area (TPSA) is 21.3 Å². The maximum atomic E-state index is 5.53. The van der Waals surface area contributed by atoms with Crippen LogP contribution in [-0.4, -0.2) is 18.7 Å². The maximum Gasteiger partial charge on any atom is 0.103 e. The normalized spacial score (nSPS) is 11.3. The summed E-state index contributed by atoms with van der Waals surface area (Å²) in [5.74, 6) is 0.816. The van der Waals surface area contributed by atoms with Crippen molar-refractivity contribution in [2.45, 2.75) is 39.7 Å². The molecule has 72 valence electrons. The molecule has 1 N–H and O–H groups in total. The summed E-state index contributed by atoms with van der Waals surface area (Å²) >= 11 is 0. The van der Waals surface area contributed by atoms with Gasteiger partial charge >= 0.3 is 0 Å². The molecule has 0 amide bonds. The highest BCUT2D eigenvalue weighted by Gasteiger charge is 2.11. The van der Waals surface area contributed by atoms with Gasteiger partial charge in [-0.15, -0.1) is 0 Å². The number of nitrogens with one attached hydrogen (secondary N) is 1. The molecule has 0 spiro atoms. The zero-order valence-corrected chi connectivity index (χ0v) is 8.74. The van der Waals surface area contributed by atoms with Crippen molar-refractivity contribution in [3.63, 3.8) is 0 Å². The molecule has 0 aromatic heterocycles. The Morgan fingerprint density at radius 2 is 2.00 bits per heavy atom. The molecule has 0 fully saturated rings. The molecule has 0 atom stereocenters. The van der Waals surface area contributed by atoms with E-state index in [1.54, 1.807) is 0 Å². The maximum absolute atomic E-state index is 5.53. The van der Waals surface area contributed by atoms with Crippen molar-refractivity contribution < 1.29 is 4.74 Å². The molecule has 0 saturated carbocycles. The zero-order valence-electron chi connectivity index (χ0n) is 8.74. The van der Waals surface area contributed by atoms with E-state index in [1.807, 2.05) is 20.8 Å². The van der Waals surface area contributed by atoms with Gasteiger partial charge in [0.25, 0.3) is 0 Å². The molecule has 0 bridgehead atoms. The lowest BCUT2D eigenvalue weighted by molar-refractivity contribution is 0.0500. The summed E-state index contributed by atoms with van der Waals surface area (Å²) in [6.45, 7) is 13.8. The Morgan fingerprint density at radius 1 is 1.42 bits per heavy atom. The zero-order chi connectivity index (χ0) is 9.61. The summed E-state index contributed by atoms with van der Waals surface area (Å²) in [4.78, 5) is 0. The van der Waals surface area contributed by atoms with Crippen molar-refractivity contribution in [3.8, 4) is 0 Å². The number of rotatable bonds is 5. The van der Waals surface area contributed by atoms with Crippen LogP contribution in [0.4, 0.5) is 0 Å². The van der Waals surface area contributed by atoms with E-state index in [2.05, 4.69) is 18.8 Å². The van der Waals surface area contributed by atoms with Gasteiger partial charge in [0.15, 0.2) is 0 Å². The van der Waals surface area contributed by atoms with Crippen LogP contribution in [0.1, 0.15) is 34.1 Å². The van der Waals surface area contributed by atoms with Crippen molar-refractivity contribution in [3.05, 3.63) is 12.3 Å². The Balaban J connectivity index is 3.47. The van der Waals surface area contributed by atoms with Gasteiger partial charge in [0, 0.05) is 0 Å². The molecule has 0 aliphatic rings. The largest absolute Gasteiger partial charge is 0.492 e. The molecular formula is C10H21NO.